The zero-order valence-electron chi connectivity index (χ0n) is 10.3. The van der Waals surface area contributed by atoms with Gasteiger partial charge in [0.1, 0.15) is 5.75 Å². The van der Waals surface area contributed by atoms with Gasteiger partial charge in [-0.2, -0.15) is 0 Å². The number of esters is 1. The zero-order valence-corrected chi connectivity index (χ0v) is 10.3. The first-order chi connectivity index (χ1) is 8.63. The van der Waals surface area contributed by atoms with E-state index in [9.17, 15) is 9.90 Å². The van der Waals surface area contributed by atoms with Crippen LogP contribution >= 0.6 is 0 Å². The van der Waals surface area contributed by atoms with Crippen molar-refractivity contribution < 1.29 is 14.6 Å². The fraction of sp³-hybridized carbons (Fsp3) is 0.133. The third-order valence-electron chi connectivity index (χ3n) is 2.86. The molecule has 18 heavy (non-hydrogen) atoms. The lowest BCUT2D eigenvalue weighted by Crippen LogP contribution is -1.96. The molecule has 1 N–H and O–H groups in total. The standard InChI is InChI=1S/C15H14O3/c1-10(9-14(16)18-2)12-8-7-11-5-3-4-6-13(11)15(12)17/h3-9,17H,1-2H3/b10-9-. The molecule has 0 radical (unpaired) electrons. The summed E-state index contributed by atoms with van der Waals surface area (Å²) in [6.07, 6.45) is 1.36. The molecule has 0 aliphatic carbocycles. The van der Waals surface area contributed by atoms with E-state index in [-0.39, 0.29) is 5.75 Å². The van der Waals surface area contributed by atoms with E-state index in [4.69, 9.17) is 0 Å². The highest BCUT2D eigenvalue weighted by Gasteiger charge is 2.08. The van der Waals surface area contributed by atoms with Crippen LogP contribution in [0.5, 0.6) is 5.75 Å². The highest BCUT2D eigenvalue weighted by molar-refractivity contribution is 5.97. The average molecular weight is 242 g/mol. The molecule has 2 aromatic carbocycles. The lowest BCUT2D eigenvalue weighted by molar-refractivity contribution is -0.134. The summed E-state index contributed by atoms with van der Waals surface area (Å²) in [4.78, 5) is 11.2. The molecule has 0 aliphatic heterocycles. The Morgan fingerprint density at radius 3 is 2.67 bits per heavy atom. The molecule has 0 aliphatic rings. The van der Waals surface area contributed by atoms with Gasteiger partial charge in [0.25, 0.3) is 0 Å². The summed E-state index contributed by atoms with van der Waals surface area (Å²) in [5, 5.41) is 11.9. The summed E-state index contributed by atoms with van der Waals surface area (Å²) in [5.74, 6) is -0.245. The van der Waals surface area contributed by atoms with Gasteiger partial charge in [-0.15, -0.1) is 0 Å². The van der Waals surface area contributed by atoms with Crippen molar-refractivity contribution in [2.24, 2.45) is 0 Å². The molecule has 0 unspecified atom stereocenters. The minimum atomic E-state index is -0.431. The number of benzene rings is 2. The van der Waals surface area contributed by atoms with Crippen molar-refractivity contribution in [1.82, 2.24) is 0 Å². The van der Waals surface area contributed by atoms with E-state index in [1.165, 1.54) is 13.2 Å². The molecule has 0 amide bonds. The largest absolute Gasteiger partial charge is 0.507 e. The Labute approximate surface area is 105 Å². The molecule has 92 valence electrons. The Morgan fingerprint density at radius 1 is 1.22 bits per heavy atom. The maximum atomic E-state index is 11.2. The normalized spacial score (nSPS) is 11.6. The minimum Gasteiger partial charge on any atom is -0.507 e. The molecule has 0 saturated heterocycles. The summed E-state index contributed by atoms with van der Waals surface area (Å²) >= 11 is 0. The van der Waals surface area contributed by atoms with Gasteiger partial charge >= 0.3 is 5.97 Å². The summed E-state index contributed by atoms with van der Waals surface area (Å²) in [5.41, 5.74) is 1.31. The van der Waals surface area contributed by atoms with Crippen molar-refractivity contribution in [3.05, 3.63) is 48.0 Å². The Kier molecular flexibility index (Phi) is 3.33. The summed E-state index contributed by atoms with van der Waals surface area (Å²) in [6, 6.07) is 11.3. The molecule has 3 heteroatoms. The molecular formula is C15H14O3. The first-order valence-electron chi connectivity index (χ1n) is 5.61. The van der Waals surface area contributed by atoms with Crippen LogP contribution in [-0.2, 0) is 9.53 Å². The first-order valence-corrected chi connectivity index (χ1v) is 5.61. The van der Waals surface area contributed by atoms with E-state index < -0.39 is 5.97 Å². The number of carbonyl (C=O) groups is 1. The molecule has 0 spiro atoms. The summed E-state index contributed by atoms with van der Waals surface area (Å²) < 4.78 is 4.57. The maximum absolute atomic E-state index is 11.2. The number of rotatable bonds is 2. The fourth-order valence-corrected chi connectivity index (χ4v) is 1.89. The Hall–Kier alpha value is -2.29. The SMILES string of the molecule is COC(=O)/C=C(/C)c1ccc2ccccc2c1O. The van der Waals surface area contributed by atoms with Crippen LogP contribution in [0.15, 0.2) is 42.5 Å². The number of methoxy groups -OCH3 is 1. The Bertz CT molecular complexity index is 627. The molecule has 0 heterocycles. The Morgan fingerprint density at radius 2 is 1.94 bits per heavy atom. The minimum absolute atomic E-state index is 0.186. The van der Waals surface area contributed by atoms with Crippen molar-refractivity contribution in [2.45, 2.75) is 6.92 Å². The van der Waals surface area contributed by atoms with Crippen LogP contribution in [0.25, 0.3) is 16.3 Å². The Balaban J connectivity index is 2.56. The molecule has 0 saturated carbocycles. The number of phenolic OH excluding ortho intramolecular Hbond substituents is 1. The van der Waals surface area contributed by atoms with Gasteiger partial charge in [-0.3, -0.25) is 0 Å². The van der Waals surface area contributed by atoms with Crippen molar-refractivity contribution >= 4 is 22.3 Å². The van der Waals surface area contributed by atoms with Crippen LogP contribution in [0.3, 0.4) is 0 Å². The average Bonchev–Trinajstić information content (AvgIpc) is 2.39. The van der Waals surface area contributed by atoms with Crippen LogP contribution in [0, 0.1) is 0 Å². The lowest BCUT2D eigenvalue weighted by atomic mass is 10.0. The fourth-order valence-electron chi connectivity index (χ4n) is 1.89. The van der Waals surface area contributed by atoms with E-state index in [0.29, 0.717) is 11.1 Å². The van der Waals surface area contributed by atoms with Crippen LogP contribution in [0.1, 0.15) is 12.5 Å². The number of phenols is 1. The molecule has 0 atom stereocenters. The summed E-state index contributed by atoms with van der Waals surface area (Å²) in [7, 11) is 1.33. The van der Waals surface area contributed by atoms with Crippen molar-refractivity contribution in [3.63, 3.8) is 0 Å². The maximum Gasteiger partial charge on any atom is 0.330 e. The van der Waals surface area contributed by atoms with Gasteiger partial charge in [0.05, 0.1) is 7.11 Å². The van der Waals surface area contributed by atoms with Crippen LogP contribution in [0.4, 0.5) is 0 Å². The highest BCUT2D eigenvalue weighted by atomic mass is 16.5. The van der Waals surface area contributed by atoms with Gasteiger partial charge in [-0.05, 0) is 17.9 Å². The lowest BCUT2D eigenvalue weighted by Gasteiger charge is -2.08. The molecular weight excluding hydrogens is 228 g/mol. The second kappa shape index (κ2) is 4.92. The number of carbonyl (C=O) groups excluding carboxylic acids is 1. The molecule has 2 rings (SSSR count). The topological polar surface area (TPSA) is 46.5 Å². The molecule has 0 bridgehead atoms. The zero-order chi connectivity index (χ0) is 13.1. The number of ether oxygens (including phenoxy) is 1. The molecule has 2 aromatic rings. The third kappa shape index (κ3) is 2.20. The van der Waals surface area contributed by atoms with Gasteiger partial charge in [-0.25, -0.2) is 4.79 Å². The van der Waals surface area contributed by atoms with Crippen LogP contribution in [-0.4, -0.2) is 18.2 Å². The highest BCUT2D eigenvalue weighted by Crippen LogP contribution is 2.32. The predicted octanol–water partition coefficient (Wildman–Crippen LogP) is 3.12. The third-order valence-corrected chi connectivity index (χ3v) is 2.86. The number of allylic oxidation sites excluding steroid dienone is 1. The van der Waals surface area contributed by atoms with Crippen LogP contribution in [0.2, 0.25) is 0 Å². The number of fused-ring (bicyclic) bond motifs is 1. The second-order valence-electron chi connectivity index (χ2n) is 4.03. The van der Waals surface area contributed by atoms with Crippen molar-refractivity contribution in [3.8, 4) is 5.75 Å². The first kappa shape index (κ1) is 12.2. The van der Waals surface area contributed by atoms with Crippen molar-refractivity contribution in [2.75, 3.05) is 7.11 Å². The van der Waals surface area contributed by atoms with Gasteiger partial charge in [-0.1, -0.05) is 36.4 Å². The van der Waals surface area contributed by atoms with Crippen molar-refractivity contribution in [1.29, 1.82) is 0 Å². The van der Waals surface area contributed by atoms with Gasteiger partial charge in [0.15, 0.2) is 0 Å². The number of aromatic hydroxyl groups is 1. The van der Waals surface area contributed by atoms with E-state index in [1.54, 1.807) is 13.0 Å². The predicted molar refractivity (Wildman–Crippen MR) is 71.3 cm³/mol. The van der Waals surface area contributed by atoms with E-state index >= 15 is 0 Å². The van der Waals surface area contributed by atoms with Gasteiger partial charge < -0.3 is 9.84 Å². The van der Waals surface area contributed by atoms with Crippen LogP contribution < -0.4 is 0 Å². The molecule has 3 nitrogen and oxygen atoms in total. The molecule has 0 fully saturated rings. The van der Waals surface area contributed by atoms with Gasteiger partial charge in [0.2, 0.25) is 0 Å². The quantitative estimate of drug-likeness (QED) is 0.650. The van der Waals surface area contributed by atoms with E-state index in [1.807, 2.05) is 30.3 Å². The van der Waals surface area contributed by atoms with E-state index in [2.05, 4.69) is 4.74 Å². The second-order valence-corrected chi connectivity index (χ2v) is 4.03. The monoisotopic (exact) mass is 242 g/mol. The number of hydrogen-bond donors (Lipinski definition) is 1. The smallest absolute Gasteiger partial charge is 0.330 e. The van der Waals surface area contributed by atoms with Gasteiger partial charge in [0, 0.05) is 17.0 Å². The van der Waals surface area contributed by atoms with E-state index in [0.717, 1.165) is 10.8 Å². The number of hydrogen-bond acceptors (Lipinski definition) is 3. The molecule has 0 aromatic heterocycles. The summed E-state index contributed by atoms with van der Waals surface area (Å²) in [6.45, 7) is 1.76.